The Kier molecular flexibility index (Phi) is 2.67. The molecule has 1 N–H and O–H groups in total. The molecule has 1 aliphatic carbocycles. The fraction of sp³-hybridized carbons (Fsp3) is 0.538. The minimum absolute atomic E-state index is 0.169. The second kappa shape index (κ2) is 4.17. The Morgan fingerprint density at radius 2 is 2.06 bits per heavy atom. The van der Waals surface area contributed by atoms with Crippen molar-refractivity contribution in [3.05, 3.63) is 35.9 Å². The first kappa shape index (κ1) is 10.3. The first-order valence-corrected chi connectivity index (χ1v) is 5.80. The summed E-state index contributed by atoms with van der Waals surface area (Å²) >= 11 is 0. The van der Waals surface area contributed by atoms with Gasteiger partial charge in [0.05, 0.1) is 18.8 Å². The minimum atomic E-state index is 0.169. The second-order valence-corrected chi connectivity index (χ2v) is 4.58. The van der Waals surface area contributed by atoms with Gasteiger partial charge in [0, 0.05) is 12.5 Å². The summed E-state index contributed by atoms with van der Waals surface area (Å²) in [6, 6.07) is 10.1. The summed E-state index contributed by atoms with van der Waals surface area (Å²) in [6.07, 6.45) is 1.59. The van der Waals surface area contributed by atoms with Crippen LogP contribution in [0, 0.1) is 5.92 Å². The molecular formula is C13H16O3. The first-order valence-electron chi connectivity index (χ1n) is 5.80. The van der Waals surface area contributed by atoms with E-state index in [0.29, 0.717) is 6.61 Å². The van der Waals surface area contributed by atoms with Gasteiger partial charge in [-0.15, -0.1) is 0 Å². The first-order chi connectivity index (χ1) is 7.88. The molecule has 2 fully saturated rings. The van der Waals surface area contributed by atoms with Crippen molar-refractivity contribution < 1.29 is 14.6 Å². The molecule has 1 saturated carbocycles. The lowest BCUT2D eigenvalue weighted by Crippen LogP contribution is -2.18. The number of ether oxygens (including phenoxy) is 2. The van der Waals surface area contributed by atoms with Crippen molar-refractivity contribution in [2.45, 2.75) is 31.3 Å². The average Bonchev–Trinajstić information content (AvgIpc) is 3.05. The van der Waals surface area contributed by atoms with Crippen LogP contribution in [0.4, 0.5) is 0 Å². The van der Waals surface area contributed by atoms with Crippen LogP contribution in [0.25, 0.3) is 0 Å². The maximum Gasteiger partial charge on any atom is 0.111 e. The van der Waals surface area contributed by atoms with Gasteiger partial charge in [-0.05, 0) is 12.0 Å². The maximum absolute atomic E-state index is 9.13. The fourth-order valence-corrected chi connectivity index (χ4v) is 2.50. The van der Waals surface area contributed by atoms with Crippen LogP contribution >= 0.6 is 0 Å². The molecule has 3 heteroatoms. The Balaban J connectivity index is 1.54. The van der Waals surface area contributed by atoms with Gasteiger partial charge < -0.3 is 14.6 Å². The molecule has 16 heavy (non-hydrogen) atoms. The van der Waals surface area contributed by atoms with E-state index in [1.54, 1.807) is 0 Å². The number of hydrogen-bond acceptors (Lipinski definition) is 3. The van der Waals surface area contributed by atoms with E-state index in [1.807, 2.05) is 18.2 Å². The average molecular weight is 220 g/mol. The number of epoxide rings is 1. The molecule has 4 atom stereocenters. The van der Waals surface area contributed by atoms with Crippen molar-refractivity contribution in [1.29, 1.82) is 0 Å². The highest BCUT2D eigenvalue weighted by atomic mass is 16.6. The summed E-state index contributed by atoms with van der Waals surface area (Å²) in [6.45, 7) is 0.850. The van der Waals surface area contributed by atoms with E-state index < -0.39 is 0 Å². The Labute approximate surface area is 95.0 Å². The zero-order valence-electron chi connectivity index (χ0n) is 9.08. The van der Waals surface area contributed by atoms with Crippen molar-refractivity contribution in [3.8, 4) is 0 Å². The van der Waals surface area contributed by atoms with Crippen LogP contribution in [0.1, 0.15) is 12.0 Å². The molecule has 3 nitrogen and oxygen atoms in total. The Morgan fingerprint density at radius 1 is 1.25 bits per heavy atom. The third-order valence-corrected chi connectivity index (χ3v) is 3.47. The summed E-state index contributed by atoms with van der Waals surface area (Å²) in [5.41, 5.74) is 1.19. The number of aliphatic hydroxyl groups excluding tert-OH is 1. The van der Waals surface area contributed by atoms with Gasteiger partial charge in [0.25, 0.3) is 0 Å². The molecule has 1 aromatic carbocycles. The summed E-state index contributed by atoms with van der Waals surface area (Å²) in [4.78, 5) is 0. The molecule has 0 unspecified atom stereocenters. The highest BCUT2D eigenvalue weighted by Gasteiger charge is 2.56. The Hall–Kier alpha value is -0.900. The maximum atomic E-state index is 9.13. The third-order valence-electron chi connectivity index (χ3n) is 3.47. The molecule has 0 bridgehead atoms. The number of aliphatic hydroxyl groups is 1. The third kappa shape index (κ3) is 1.86. The van der Waals surface area contributed by atoms with E-state index in [-0.39, 0.29) is 30.8 Å². The second-order valence-electron chi connectivity index (χ2n) is 4.58. The van der Waals surface area contributed by atoms with Crippen LogP contribution in [-0.2, 0) is 16.1 Å². The van der Waals surface area contributed by atoms with Crippen molar-refractivity contribution in [2.75, 3.05) is 6.61 Å². The Bertz CT molecular complexity index is 351. The number of hydrogen-bond donors (Lipinski definition) is 1. The fourth-order valence-electron chi connectivity index (χ4n) is 2.50. The van der Waals surface area contributed by atoms with Gasteiger partial charge in [0.15, 0.2) is 0 Å². The standard InChI is InChI=1S/C13H16O3/c14-7-10-6-11(13-12(10)16-13)15-8-9-4-2-1-3-5-9/h1-5,10-14H,6-8H2/t10-,11+,12-,13+/m1/s1. The zero-order chi connectivity index (χ0) is 11.0. The lowest BCUT2D eigenvalue weighted by atomic mass is 10.1. The minimum Gasteiger partial charge on any atom is -0.396 e. The van der Waals surface area contributed by atoms with Crippen LogP contribution in [0.15, 0.2) is 30.3 Å². The molecule has 3 rings (SSSR count). The molecule has 0 aromatic heterocycles. The molecular weight excluding hydrogens is 204 g/mol. The molecule has 1 aliphatic heterocycles. The monoisotopic (exact) mass is 220 g/mol. The molecule has 86 valence electrons. The number of benzene rings is 1. The van der Waals surface area contributed by atoms with Crippen LogP contribution < -0.4 is 0 Å². The lowest BCUT2D eigenvalue weighted by Gasteiger charge is -2.15. The molecule has 1 saturated heterocycles. The van der Waals surface area contributed by atoms with Crippen LogP contribution in [0.3, 0.4) is 0 Å². The summed E-state index contributed by atoms with van der Waals surface area (Å²) in [5, 5.41) is 9.13. The van der Waals surface area contributed by atoms with Gasteiger partial charge in [-0.3, -0.25) is 0 Å². The summed E-state index contributed by atoms with van der Waals surface area (Å²) in [5.74, 6) is 0.283. The number of fused-ring (bicyclic) bond motifs is 1. The molecule has 0 radical (unpaired) electrons. The predicted molar refractivity (Wildman–Crippen MR) is 58.9 cm³/mol. The van der Waals surface area contributed by atoms with Gasteiger partial charge in [0.2, 0.25) is 0 Å². The number of rotatable bonds is 4. The normalized spacial score (nSPS) is 36.1. The smallest absolute Gasteiger partial charge is 0.111 e. The molecule has 1 aromatic rings. The van der Waals surface area contributed by atoms with Crippen LogP contribution in [0.2, 0.25) is 0 Å². The van der Waals surface area contributed by atoms with Crippen molar-refractivity contribution in [3.63, 3.8) is 0 Å². The lowest BCUT2D eigenvalue weighted by molar-refractivity contribution is 0.00116. The van der Waals surface area contributed by atoms with E-state index in [2.05, 4.69) is 12.1 Å². The molecule has 0 spiro atoms. The highest BCUT2D eigenvalue weighted by molar-refractivity contribution is 5.14. The molecule has 0 amide bonds. The van der Waals surface area contributed by atoms with Crippen molar-refractivity contribution in [1.82, 2.24) is 0 Å². The van der Waals surface area contributed by atoms with E-state index >= 15 is 0 Å². The van der Waals surface area contributed by atoms with Crippen molar-refractivity contribution in [2.24, 2.45) is 5.92 Å². The quantitative estimate of drug-likeness (QED) is 0.779. The van der Waals surface area contributed by atoms with Crippen molar-refractivity contribution >= 4 is 0 Å². The summed E-state index contributed by atoms with van der Waals surface area (Å²) in [7, 11) is 0. The van der Waals surface area contributed by atoms with E-state index in [0.717, 1.165) is 6.42 Å². The van der Waals surface area contributed by atoms with Crippen LogP contribution in [0.5, 0.6) is 0 Å². The summed E-state index contributed by atoms with van der Waals surface area (Å²) < 4.78 is 11.3. The zero-order valence-corrected chi connectivity index (χ0v) is 9.08. The topological polar surface area (TPSA) is 42.0 Å². The predicted octanol–water partition coefficient (Wildman–Crippen LogP) is 1.35. The van der Waals surface area contributed by atoms with E-state index in [9.17, 15) is 0 Å². The van der Waals surface area contributed by atoms with Crippen LogP contribution in [-0.4, -0.2) is 30.0 Å². The van der Waals surface area contributed by atoms with E-state index in [4.69, 9.17) is 14.6 Å². The van der Waals surface area contributed by atoms with Gasteiger partial charge in [-0.25, -0.2) is 0 Å². The van der Waals surface area contributed by atoms with E-state index in [1.165, 1.54) is 5.56 Å². The van der Waals surface area contributed by atoms with Gasteiger partial charge >= 0.3 is 0 Å². The largest absolute Gasteiger partial charge is 0.396 e. The Morgan fingerprint density at radius 3 is 2.75 bits per heavy atom. The van der Waals surface area contributed by atoms with Gasteiger partial charge in [0.1, 0.15) is 6.10 Å². The molecule has 2 aliphatic rings. The van der Waals surface area contributed by atoms with Gasteiger partial charge in [-0.1, -0.05) is 30.3 Å². The highest BCUT2D eigenvalue weighted by Crippen LogP contribution is 2.44. The molecule has 1 heterocycles. The van der Waals surface area contributed by atoms with Gasteiger partial charge in [-0.2, -0.15) is 0 Å². The SMILES string of the molecule is OC[C@H]1C[C@H](OCc2ccccc2)[C@@H]2O[C@H]12.